The fourth-order valence-corrected chi connectivity index (χ4v) is 3.23. The van der Waals surface area contributed by atoms with Gasteiger partial charge >= 0.3 is 6.30 Å². The van der Waals surface area contributed by atoms with Gasteiger partial charge in [-0.3, -0.25) is 14.5 Å². The summed E-state index contributed by atoms with van der Waals surface area (Å²) in [6, 6.07) is 3.97. The molecule has 0 radical (unpaired) electrons. The number of carbonyl (C=O) groups excluding carboxylic acids is 1. The fourth-order valence-electron chi connectivity index (χ4n) is 3.23. The number of pyridine rings is 1. The average Bonchev–Trinajstić information content (AvgIpc) is 3.37. The summed E-state index contributed by atoms with van der Waals surface area (Å²) >= 11 is 0. The first-order valence-corrected chi connectivity index (χ1v) is 8.87. The van der Waals surface area contributed by atoms with E-state index in [4.69, 9.17) is 0 Å². The number of fused-ring (bicyclic) bond motifs is 1. The summed E-state index contributed by atoms with van der Waals surface area (Å²) in [6.07, 6.45) is -1.50. The minimum atomic E-state index is -4.71. The van der Waals surface area contributed by atoms with E-state index in [1.165, 1.54) is 12.3 Å². The van der Waals surface area contributed by atoms with Crippen LogP contribution in [0.2, 0.25) is 0 Å². The Balaban J connectivity index is 1.54. The van der Waals surface area contributed by atoms with Crippen LogP contribution in [-0.4, -0.2) is 30.5 Å². The maximum Gasteiger partial charge on any atom is 0.504 e. The lowest BCUT2D eigenvalue weighted by atomic mass is 10.1. The van der Waals surface area contributed by atoms with E-state index in [0.717, 1.165) is 13.1 Å². The molecule has 12 heteroatoms. The van der Waals surface area contributed by atoms with Gasteiger partial charge in [-0.05, 0) is 24.6 Å². The lowest BCUT2D eigenvalue weighted by molar-refractivity contribution is -0.212. The Morgan fingerprint density at radius 3 is 2.67 bits per heavy atom. The van der Waals surface area contributed by atoms with Gasteiger partial charge in [0.2, 0.25) is 0 Å². The molecular formula is C18H15F5N6O. The highest BCUT2D eigenvalue weighted by Crippen LogP contribution is 2.32. The van der Waals surface area contributed by atoms with Gasteiger partial charge in [0.1, 0.15) is 5.69 Å². The SMILES string of the molecule is CC(F)(F)c1cc(-c2cc3n(n2)CCC3NC(=O)c2cnn(C(F)(F)F)c2)ccn1. The fraction of sp³-hybridized carbons (Fsp3) is 0.333. The lowest BCUT2D eigenvalue weighted by Crippen LogP contribution is -2.27. The standard InChI is InChI=1S/C18H15F5N6O/c1-17(19,20)15-6-10(2-4-24-15)13-7-14-12(3-5-28(14)27-13)26-16(30)11-8-25-29(9-11)18(21,22)23/h2,4,6-9,12H,3,5H2,1H3,(H,26,30). The first-order chi connectivity index (χ1) is 14.0. The largest absolute Gasteiger partial charge is 0.504 e. The van der Waals surface area contributed by atoms with Crippen LogP contribution in [0, 0.1) is 0 Å². The Morgan fingerprint density at radius 1 is 1.23 bits per heavy atom. The number of alkyl halides is 5. The van der Waals surface area contributed by atoms with Crippen LogP contribution in [0.1, 0.15) is 41.1 Å². The smallest absolute Gasteiger partial charge is 0.344 e. The average molecular weight is 426 g/mol. The number of hydrogen-bond donors (Lipinski definition) is 1. The van der Waals surface area contributed by atoms with Crippen LogP contribution >= 0.6 is 0 Å². The summed E-state index contributed by atoms with van der Waals surface area (Å²) < 4.78 is 66.4. The van der Waals surface area contributed by atoms with Gasteiger partial charge in [-0.15, -0.1) is 13.2 Å². The van der Waals surface area contributed by atoms with E-state index in [1.54, 1.807) is 16.8 Å². The van der Waals surface area contributed by atoms with Crippen molar-refractivity contribution in [1.29, 1.82) is 0 Å². The van der Waals surface area contributed by atoms with Crippen molar-refractivity contribution in [2.24, 2.45) is 0 Å². The maximum absolute atomic E-state index is 13.5. The van der Waals surface area contributed by atoms with Crippen LogP contribution < -0.4 is 5.32 Å². The molecule has 0 spiro atoms. The van der Waals surface area contributed by atoms with Gasteiger partial charge in [-0.1, -0.05) is 0 Å². The number of nitrogens with one attached hydrogen (secondary N) is 1. The van der Waals surface area contributed by atoms with Crippen LogP contribution in [0.15, 0.2) is 36.8 Å². The Morgan fingerprint density at radius 2 is 2.00 bits per heavy atom. The Labute approximate surface area is 166 Å². The minimum Gasteiger partial charge on any atom is -0.344 e. The number of nitrogens with zero attached hydrogens (tertiary/aromatic N) is 5. The summed E-state index contributed by atoms with van der Waals surface area (Å²) in [5, 5.41) is 10.2. The monoisotopic (exact) mass is 426 g/mol. The second-order valence-electron chi connectivity index (χ2n) is 6.95. The molecule has 1 atom stereocenters. The minimum absolute atomic E-state index is 0.227. The van der Waals surface area contributed by atoms with Gasteiger partial charge in [0, 0.05) is 31.4 Å². The molecule has 30 heavy (non-hydrogen) atoms. The molecule has 0 aromatic carbocycles. The molecule has 0 bridgehead atoms. The van der Waals surface area contributed by atoms with E-state index in [-0.39, 0.29) is 15.9 Å². The molecule has 158 valence electrons. The van der Waals surface area contributed by atoms with Crippen LogP contribution in [-0.2, 0) is 18.8 Å². The maximum atomic E-state index is 13.5. The van der Waals surface area contributed by atoms with Crippen molar-refractivity contribution in [1.82, 2.24) is 29.9 Å². The van der Waals surface area contributed by atoms with E-state index in [2.05, 4.69) is 20.5 Å². The molecule has 0 saturated heterocycles. The predicted molar refractivity (Wildman–Crippen MR) is 93.4 cm³/mol. The van der Waals surface area contributed by atoms with Crippen LogP contribution in [0.3, 0.4) is 0 Å². The highest BCUT2D eigenvalue weighted by molar-refractivity contribution is 5.94. The summed E-state index contributed by atoms with van der Waals surface area (Å²) in [6.45, 7) is 1.21. The number of carbonyl (C=O) groups is 1. The molecule has 1 aliphatic heterocycles. The number of aryl methyl sites for hydroxylation is 1. The molecule has 0 fully saturated rings. The second-order valence-corrected chi connectivity index (χ2v) is 6.95. The van der Waals surface area contributed by atoms with Gasteiger partial charge in [-0.2, -0.15) is 23.7 Å². The van der Waals surface area contributed by atoms with Crippen molar-refractivity contribution in [3.05, 3.63) is 53.7 Å². The predicted octanol–water partition coefficient (Wildman–Crippen LogP) is 3.60. The van der Waals surface area contributed by atoms with Gasteiger partial charge < -0.3 is 5.32 Å². The summed E-state index contributed by atoms with van der Waals surface area (Å²) in [7, 11) is 0. The molecular weight excluding hydrogens is 411 g/mol. The molecule has 1 unspecified atom stereocenters. The van der Waals surface area contributed by atoms with Crippen molar-refractivity contribution in [3.8, 4) is 11.3 Å². The molecule has 1 amide bonds. The molecule has 3 aromatic rings. The zero-order chi connectivity index (χ0) is 21.7. The quantitative estimate of drug-likeness (QED) is 0.647. The summed E-state index contributed by atoms with van der Waals surface area (Å²) in [5.74, 6) is -3.81. The molecule has 1 aliphatic rings. The topological polar surface area (TPSA) is 77.6 Å². The number of halogens is 5. The highest BCUT2D eigenvalue weighted by Gasteiger charge is 2.33. The summed E-state index contributed by atoms with van der Waals surface area (Å²) in [4.78, 5) is 16.0. The third-order valence-electron chi connectivity index (χ3n) is 4.71. The van der Waals surface area contributed by atoms with E-state index in [9.17, 15) is 26.7 Å². The zero-order valence-corrected chi connectivity index (χ0v) is 15.5. The molecule has 4 rings (SSSR count). The van der Waals surface area contributed by atoms with Crippen molar-refractivity contribution >= 4 is 5.91 Å². The molecule has 0 aliphatic carbocycles. The normalized spacial score (nSPS) is 16.5. The number of amides is 1. The zero-order valence-electron chi connectivity index (χ0n) is 15.5. The van der Waals surface area contributed by atoms with Crippen molar-refractivity contribution in [3.63, 3.8) is 0 Å². The highest BCUT2D eigenvalue weighted by atomic mass is 19.4. The first kappa shape index (κ1) is 20.0. The molecule has 4 heterocycles. The number of aromatic nitrogens is 5. The van der Waals surface area contributed by atoms with Crippen molar-refractivity contribution < 1.29 is 26.7 Å². The van der Waals surface area contributed by atoms with E-state index in [1.807, 2.05) is 0 Å². The summed E-state index contributed by atoms with van der Waals surface area (Å²) in [5.41, 5.74) is 0.888. The van der Waals surface area contributed by atoms with Crippen molar-refractivity contribution in [2.45, 2.75) is 38.2 Å². The van der Waals surface area contributed by atoms with Crippen molar-refractivity contribution in [2.75, 3.05) is 0 Å². The van der Waals surface area contributed by atoms with E-state index in [0.29, 0.717) is 36.1 Å². The third kappa shape index (κ3) is 3.76. The van der Waals surface area contributed by atoms with Crippen LogP contribution in [0.5, 0.6) is 0 Å². The van der Waals surface area contributed by atoms with Crippen LogP contribution in [0.4, 0.5) is 22.0 Å². The van der Waals surface area contributed by atoms with E-state index < -0.39 is 24.2 Å². The third-order valence-corrected chi connectivity index (χ3v) is 4.71. The van der Waals surface area contributed by atoms with Crippen LogP contribution in [0.25, 0.3) is 11.3 Å². The number of rotatable bonds is 4. The van der Waals surface area contributed by atoms with Gasteiger partial charge in [0.15, 0.2) is 0 Å². The first-order valence-electron chi connectivity index (χ1n) is 8.87. The molecule has 1 N–H and O–H groups in total. The number of hydrogen-bond acceptors (Lipinski definition) is 4. The lowest BCUT2D eigenvalue weighted by Gasteiger charge is -2.11. The van der Waals surface area contributed by atoms with E-state index >= 15 is 0 Å². The van der Waals surface area contributed by atoms with Gasteiger partial charge in [-0.25, -0.2) is 0 Å². The Hall–Kier alpha value is -3.31. The molecule has 7 nitrogen and oxygen atoms in total. The van der Waals surface area contributed by atoms with Gasteiger partial charge in [0.05, 0.1) is 29.2 Å². The Bertz CT molecular complexity index is 1100. The Kier molecular flexibility index (Phi) is 4.59. The second kappa shape index (κ2) is 6.89. The molecule has 0 saturated carbocycles. The molecule has 3 aromatic heterocycles. The van der Waals surface area contributed by atoms with Gasteiger partial charge in [0.25, 0.3) is 11.8 Å².